The normalized spacial score (nSPS) is 13.7. The lowest BCUT2D eigenvalue weighted by atomic mass is 10.0. The van der Waals surface area contributed by atoms with Crippen molar-refractivity contribution in [2.75, 3.05) is 0 Å². The molecule has 2 atom stereocenters. The molecule has 8 heteroatoms. The molecule has 0 aliphatic heterocycles. The quantitative estimate of drug-likeness (QED) is 0.497. The molecule has 0 aliphatic carbocycles. The maximum absolute atomic E-state index is 13.0. The van der Waals surface area contributed by atoms with Gasteiger partial charge in [0.05, 0.1) is 21.3 Å². The zero-order valence-corrected chi connectivity index (χ0v) is 12.3. The van der Waals surface area contributed by atoms with Crippen LogP contribution in [0.2, 0.25) is 10.0 Å². The predicted octanol–water partition coefficient (Wildman–Crippen LogP) is 2.99. The molecule has 0 aliphatic rings. The Bertz CT molecular complexity index is 528. The van der Waals surface area contributed by atoms with Crippen molar-refractivity contribution in [3.05, 3.63) is 39.3 Å². The number of nitrogens with one attached hydrogen (secondary N) is 1. The van der Waals surface area contributed by atoms with Crippen molar-refractivity contribution in [2.24, 2.45) is 5.73 Å². The van der Waals surface area contributed by atoms with E-state index in [4.69, 9.17) is 34.3 Å². The van der Waals surface area contributed by atoms with Gasteiger partial charge in [-0.3, -0.25) is 9.78 Å². The maximum Gasteiger partial charge on any atom is 0.170 e. The van der Waals surface area contributed by atoms with Crippen LogP contribution in [0.5, 0.6) is 0 Å². The average molecular weight is 322 g/mol. The van der Waals surface area contributed by atoms with Gasteiger partial charge in [-0.15, -0.1) is 0 Å². The van der Waals surface area contributed by atoms with Crippen LogP contribution in [-0.2, 0) is 0 Å². The molecule has 0 bridgehead atoms. The molecule has 1 rings (SSSR count). The molecule has 1 aromatic rings. The van der Waals surface area contributed by atoms with Crippen molar-refractivity contribution in [1.29, 1.82) is 5.41 Å². The van der Waals surface area contributed by atoms with E-state index in [2.05, 4.69) is 4.98 Å². The minimum absolute atomic E-state index is 0.0800. The van der Waals surface area contributed by atoms with Crippen LogP contribution in [0.15, 0.2) is 23.7 Å². The van der Waals surface area contributed by atoms with Gasteiger partial charge in [0.2, 0.25) is 0 Å². The van der Waals surface area contributed by atoms with E-state index >= 15 is 0 Å². The number of rotatable bonds is 5. The summed E-state index contributed by atoms with van der Waals surface area (Å²) in [5.74, 6) is -1.97. The smallest absolute Gasteiger partial charge is 0.170 e. The standard InChI is InChI=1S/C11H11Cl2FN3OP/c12-6-3-17-4-7(13)9(6)8(18)1-5(2-15)10(16)11(14)19/h2-4,11,15H,1,16,19H2/b10-5-,15-2?. The van der Waals surface area contributed by atoms with Crippen LogP contribution in [0.25, 0.3) is 0 Å². The summed E-state index contributed by atoms with van der Waals surface area (Å²) < 4.78 is 13.0. The molecule has 4 nitrogen and oxygen atoms in total. The SMILES string of the molecule is N=C/C(CC(=O)c1c(Cl)cncc1Cl)=C(\N)C(F)P. The molecule has 0 saturated heterocycles. The third kappa shape index (κ3) is 3.96. The molecule has 0 saturated carbocycles. The number of hydrogen-bond acceptors (Lipinski definition) is 4. The van der Waals surface area contributed by atoms with Gasteiger partial charge in [0.15, 0.2) is 11.7 Å². The highest BCUT2D eigenvalue weighted by Gasteiger charge is 2.18. The van der Waals surface area contributed by atoms with E-state index in [0.717, 1.165) is 6.21 Å². The Balaban J connectivity index is 3.09. The first-order valence-electron chi connectivity index (χ1n) is 5.09. The van der Waals surface area contributed by atoms with Crippen LogP contribution < -0.4 is 5.73 Å². The topological polar surface area (TPSA) is 79.8 Å². The predicted molar refractivity (Wildman–Crippen MR) is 77.8 cm³/mol. The first-order valence-corrected chi connectivity index (χ1v) is 6.51. The van der Waals surface area contributed by atoms with E-state index in [9.17, 15) is 9.18 Å². The highest BCUT2D eigenvalue weighted by Crippen LogP contribution is 2.26. The van der Waals surface area contributed by atoms with E-state index in [1.54, 1.807) is 0 Å². The number of nitrogens with zero attached hydrogens (tertiary/aromatic N) is 1. The van der Waals surface area contributed by atoms with Crippen molar-refractivity contribution in [2.45, 2.75) is 12.3 Å². The van der Waals surface area contributed by atoms with Crippen molar-refractivity contribution in [1.82, 2.24) is 4.98 Å². The van der Waals surface area contributed by atoms with Gasteiger partial charge in [-0.2, -0.15) is 0 Å². The fourth-order valence-electron chi connectivity index (χ4n) is 1.35. The molecule has 0 aromatic carbocycles. The summed E-state index contributed by atoms with van der Waals surface area (Å²) in [5.41, 5.74) is 5.46. The second kappa shape index (κ2) is 6.94. The largest absolute Gasteiger partial charge is 0.399 e. The minimum atomic E-state index is -1.52. The molecule has 3 N–H and O–H groups in total. The monoisotopic (exact) mass is 321 g/mol. The molecule has 0 amide bonds. The van der Waals surface area contributed by atoms with Gasteiger partial charge in [0.25, 0.3) is 0 Å². The van der Waals surface area contributed by atoms with Crippen LogP contribution in [0.1, 0.15) is 16.8 Å². The number of nitrogens with two attached hydrogens (primary N) is 1. The zero-order chi connectivity index (χ0) is 14.6. The Labute approximate surface area is 121 Å². The number of aromatic nitrogens is 1. The molecule has 0 spiro atoms. The fourth-order valence-corrected chi connectivity index (χ4v) is 2.14. The number of allylic oxidation sites excluding steroid dienone is 2. The van der Waals surface area contributed by atoms with Crippen molar-refractivity contribution in [3.8, 4) is 0 Å². The van der Waals surface area contributed by atoms with E-state index in [1.165, 1.54) is 12.4 Å². The Morgan fingerprint density at radius 2 is 2.05 bits per heavy atom. The Morgan fingerprint density at radius 1 is 1.53 bits per heavy atom. The summed E-state index contributed by atoms with van der Waals surface area (Å²) in [6.07, 6.45) is 3.15. The van der Waals surface area contributed by atoms with Crippen LogP contribution in [0.3, 0.4) is 0 Å². The lowest BCUT2D eigenvalue weighted by Gasteiger charge is -2.09. The highest BCUT2D eigenvalue weighted by molar-refractivity contribution is 7.17. The van der Waals surface area contributed by atoms with Gasteiger partial charge in [-0.05, 0) is 5.57 Å². The third-order valence-corrected chi connectivity index (χ3v) is 3.26. The molecule has 0 radical (unpaired) electrons. The van der Waals surface area contributed by atoms with Crippen molar-refractivity contribution < 1.29 is 9.18 Å². The summed E-state index contributed by atoms with van der Waals surface area (Å²) in [6, 6.07) is 0. The van der Waals surface area contributed by atoms with E-state index < -0.39 is 11.7 Å². The third-order valence-electron chi connectivity index (χ3n) is 2.33. The first kappa shape index (κ1) is 16.0. The van der Waals surface area contributed by atoms with Crippen molar-refractivity contribution >= 4 is 44.4 Å². The number of halogens is 3. The second-order valence-corrected chi connectivity index (χ2v) is 5.00. The van der Waals surface area contributed by atoms with Crippen LogP contribution in [-0.4, -0.2) is 22.9 Å². The minimum Gasteiger partial charge on any atom is -0.399 e. The summed E-state index contributed by atoms with van der Waals surface area (Å²) >= 11 is 11.7. The molecule has 1 heterocycles. The summed E-state index contributed by atoms with van der Waals surface area (Å²) in [6.45, 7) is 0. The Morgan fingerprint density at radius 3 is 2.47 bits per heavy atom. The summed E-state index contributed by atoms with van der Waals surface area (Å²) in [4.78, 5) is 15.8. The fraction of sp³-hybridized carbons (Fsp3) is 0.182. The van der Waals surface area contributed by atoms with Gasteiger partial charge in [-0.25, -0.2) is 4.39 Å². The van der Waals surface area contributed by atoms with E-state index in [-0.39, 0.29) is 33.3 Å². The Kier molecular flexibility index (Phi) is 5.85. The van der Waals surface area contributed by atoms with Gasteiger partial charge in [0, 0.05) is 25.0 Å². The first-order chi connectivity index (χ1) is 8.88. The summed E-state index contributed by atoms with van der Waals surface area (Å²) in [5, 5.41) is 7.38. The highest BCUT2D eigenvalue weighted by atomic mass is 35.5. The molecular weight excluding hydrogens is 311 g/mol. The molecule has 2 unspecified atom stereocenters. The van der Waals surface area contributed by atoms with Crippen LogP contribution in [0, 0.1) is 5.41 Å². The number of carbonyl (C=O) groups excluding carboxylic acids is 1. The molecule has 0 fully saturated rings. The number of Topliss-reactive ketones (excluding diaryl/α,β-unsaturated/α-hetero) is 1. The zero-order valence-electron chi connectivity index (χ0n) is 9.66. The lowest BCUT2D eigenvalue weighted by Crippen LogP contribution is -2.14. The van der Waals surface area contributed by atoms with Gasteiger partial charge in [0.1, 0.15) is 0 Å². The number of pyridine rings is 1. The lowest BCUT2D eigenvalue weighted by molar-refractivity contribution is 0.0994. The molecular formula is C11H11Cl2FN3OP. The second-order valence-electron chi connectivity index (χ2n) is 3.60. The Hall–Kier alpha value is -1.03. The number of hydrogen-bond donors (Lipinski definition) is 2. The average Bonchev–Trinajstić information content (AvgIpc) is 2.34. The van der Waals surface area contributed by atoms with Crippen LogP contribution >= 0.6 is 32.4 Å². The van der Waals surface area contributed by atoms with E-state index in [1.807, 2.05) is 9.24 Å². The van der Waals surface area contributed by atoms with Gasteiger partial charge in [-0.1, -0.05) is 32.4 Å². The maximum atomic E-state index is 13.0. The molecule has 1 aromatic heterocycles. The number of ketones is 1. The number of alkyl halides is 1. The number of carbonyl (C=O) groups is 1. The van der Waals surface area contributed by atoms with Gasteiger partial charge < -0.3 is 11.1 Å². The molecule has 19 heavy (non-hydrogen) atoms. The molecule has 102 valence electrons. The summed E-state index contributed by atoms with van der Waals surface area (Å²) in [7, 11) is 1.85. The van der Waals surface area contributed by atoms with Crippen molar-refractivity contribution in [3.63, 3.8) is 0 Å². The van der Waals surface area contributed by atoms with Crippen LogP contribution in [0.4, 0.5) is 4.39 Å². The van der Waals surface area contributed by atoms with Gasteiger partial charge >= 0.3 is 0 Å². The van der Waals surface area contributed by atoms with E-state index in [0.29, 0.717) is 0 Å².